The van der Waals surface area contributed by atoms with E-state index in [1.807, 2.05) is 49.1 Å². The molecule has 2 aromatic carbocycles. The number of piperazine rings is 1. The molecule has 2 N–H and O–H groups in total. The van der Waals surface area contributed by atoms with Crippen molar-refractivity contribution >= 4 is 24.1 Å². The van der Waals surface area contributed by atoms with Crippen LogP contribution in [0, 0.1) is 13.8 Å². The molecule has 254 valence electrons. The van der Waals surface area contributed by atoms with Crippen molar-refractivity contribution in [2.75, 3.05) is 44.6 Å². The van der Waals surface area contributed by atoms with Crippen LogP contribution in [0.2, 0.25) is 0 Å². The Hall–Kier alpha value is -3.63. The number of rotatable bonds is 7. The van der Waals surface area contributed by atoms with E-state index < -0.39 is 11.8 Å². The zero-order chi connectivity index (χ0) is 33.0. The van der Waals surface area contributed by atoms with Crippen LogP contribution in [0.5, 0.6) is 5.75 Å². The summed E-state index contributed by atoms with van der Waals surface area (Å²) in [6.45, 7) is 7.97. The van der Waals surface area contributed by atoms with Crippen LogP contribution in [0.25, 0.3) is 0 Å². The molecule has 2 saturated heterocycles. The van der Waals surface area contributed by atoms with Gasteiger partial charge in [-0.15, -0.1) is 0 Å². The van der Waals surface area contributed by atoms with Gasteiger partial charge in [0, 0.05) is 69.9 Å². The zero-order valence-electron chi connectivity index (χ0n) is 28.1. The van der Waals surface area contributed by atoms with Gasteiger partial charge in [0.2, 0.25) is 0 Å². The number of benzene rings is 2. The molecule has 10 heteroatoms. The minimum absolute atomic E-state index is 0.0696. The Bertz CT molecular complexity index is 1410. The predicted octanol–water partition coefficient (Wildman–Crippen LogP) is 5.83. The Kier molecular flexibility index (Phi) is 10.4. The van der Waals surface area contributed by atoms with Crippen LogP contribution in [-0.2, 0) is 22.6 Å². The van der Waals surface area contributed by atoms with Gasteiger partial charge in [-0.05, 0) is 80.0 Å². The molecule has 4 aliphatic rings. The van der Waals surface area contributed by atoms with Gasteiger partial charge >= 0.3 is 12.1 Å². The molecule has 6 rings (SSSR count). The second-order valence-electron chi connectivity index (χ2n) is 14.0. The fourth-order valence-electron chi connectivity index (χ4n) is 8.58. The summed E-state index contributed by atoms with van der Waals surface area (Å²) in [6, 6.07) is 11.9. The number of likely N-dealkylation sites (tertiary alicyclic amines) is 1. The van der Waals surface area contributed by atoms with E-state index in [2.05, 4.69) is 21.2 Å². The number of anilines is 1. The van der Waals surface area contributed by atoms with Gasteiger partial charge in [-0.3, -0.25) is 14.7 Å². The van der Waals surface area contributed by atoms with Gasteiger partial charge in [-0.1, -0.05) is 43.9 Å². The van der Waals surface area contributed by atoms with Crippen molar-refractivity contribution in [3.05, 3.63) is 58.7 Å². The summed E-state index contributed by atoms with van der Waals surface area (Å²) in [7, 11) is 0. The van der Waals surface area contributed by atoms with Gasteiger partial charge in [-0.25, -0.2) is 9.59 Å². The lowest BCUT2D eigenvalue weighted by molar-refractivity contribution is -0.130. The highest BCUT2D eigenvalue weighted by atomic mass is 16.6. The number of fused-ring (bicyclic) bond motifs is 1. The number of hydrogen-bond acceptors (Lipinski definition) is 7. The quantitative estimate of drug-likeness (QED) is 0.289. The number of carbonyl (C=O) groups is 3. The van der Waals surface area contributed by atoms with Crippen LogP contribution in [-0.4, -0.2) is 100 Å². The largest absolute Gasteiger partial charge is 0.507 e. The molecule has 3 amide bonds. The number of nitrogens with zero attached hydrogens (tertiary/aromatic N) is 4. The Morgan fingerprint density at radius 1 is 0.957 bits per heavy atom. The number of urea groups is 1. The summed E-state index contributed by atoms with van der Waals surface area (Å²) in [5, 5.41) is 13.3. The molecule has 0 spiro atoms. The summed E-state index contributed by atoms with van der Waals surface area (Å²) in [5.41, 5.74) is 3.32. The molecule has 3 fully saturated rings. The van der Waals surface area contributed by atoms with Gasteiger partial charge in [0.25, 0.3) is 0 Å². The van der Waals surface area contributed by atoms with E-state index in [9.17, 15) is 19.5 Å². The topological polar surface area (TPSA) is 106 Å². The minimum Gasteiger partial charge on any atom is -0.507 e. The van der Waals surface area contributed by atoms with E-state index in [0.29, 0.717) is 32.0 Å². The third-order valence-electron chi connectivity index (χ3n) is 11.1. The van der Waals surface area contributed by atoms with E-state index >= 15 is 0 Å². The summed E-state index contributed by atoms with van der Waals surface area (Å²) in [4.78, 5) is 48.9. The van der Waals surface area contributed by atoms with E-state index in [1.165, 1.54) is 38.5 Å². The number of nitrogens with one attached hydrogen (secondary N) is 1. The van der Waals surface area contributed by atoms with E-state index in [1.54, 1.807) is 4.90 Å². The molecule has 1 aliphatic carbocycles. The lowest BCUT2D eigenvalue weighted by Gasteiger charge is -2.57. The smallest absolute Gasteiger partial charge is 0.411 e. The highest BCUT2D eigenvalue weighted by Crippen LogP contribution is 2.39. The number of hydrogen-bond donors (Lipinski definition) is 2. The molecular weight excluding hydrogens is 594 g/mol. The van der Waals surface area contributed by atoms with Crippen LogP contribution in [0.4, 0.5) is 15.3 Å². The highest BCUT2D eigenvalue weighted by molar-refractivity contribution is 5.91. The van der Waals surface area contributed by atoms with E-state index in [0.717, 1.165) is 66.8 Å². The maximum atomic E-state index is 14.1. The molecule has 0 radical (unpaired) electrons. The van der Waals surface area contributed by atoms with E-state index in [4.69, 9.17) is 4.74 Å². The number of aromatic hydroxyl groups is 1. The molecule has 0 unspecified atom stereocenters. The fourth-order valence-corrected chi connectivity index (χ4v) is 8.58. The predicted molar refractivity (Wildman–Crippen MR) is 181 cm³/mol. The van der Waals surface area contributed by atoms with Crippen LogP contribution in [0.3, 0.4) is 0 Å². The van der Waals surface area contributed by atoms with Crippen LogP contribution >= 0.6 is 0 Å². The van der Waals surface area contributed by atoms with Crippen LogP contribution < -0.4 is 5.32 Å². The van der Waals surface area contributed by atoms with Crippen molar-refractivity contribution < 1.29 is 24.2 Å². The zero-order valence-corrected chi connectivity index (χ0v) is 28.1. The lowest BCUT2D eigenvalue weighted by atomic mass is 9.85. The molecular formula is C37H51N5O5. The average Bonchev–Trinajstić information content (AvgIpc) is 3.45. The van der Waals surface area contributed by atoms with Gasteiger partial charge in [0.1, 0.15) is 24.3 Å². The Balaban J connectivity index is 1.24. The van der Waals surface area contributed by atoms with Crippen molar-refractivity contribution in [1.29, 1.82) is 0 Å². The number of ether oxygens (including phenoxy) is 1. The second-order valence-corrected chi connectivity index (χ2v) is 14.0. The number of phenolic OH excluding ortho intramolecular Hbond substituents is 1. The lowest BCUT2D eigenvalue weighted by Crippen LogP contribution is -2.71. The fraction of sp³-hybridized carbons (Fsp3) is 0.595. The Labute approximate surface area is 279 Å². The Morgan fingerprint density at radius 2 is 1.66 bits per heavy atom. The molecule has 47 heavy (non-hydrogen) atoms. The number of para-hydroxylation sites is 1. The third-order valence-corrected chi connectivity index (χ3v) is 11.1. The van der Waals surface area contributed by atoms with Gasteiger partial charge in [0.15, 0.2) is 0 Å². The number of phenols is 1. The first kappa shape index (κ1) is 33.3. The second kappa shape index (κ2) is 14.6. The molecule has 10 nitrogen and oxygen atoms in total. The first-order valence-corrected chi connectivity index (χ1v) is 17.6. The first-order valence-electron chi connectivity index (χ1n) is 17.6. The standard InChI is InChI=1S/C37H51N5O5/c1-27-23-29(24-28(2)34(27)44)26-47-36(46)42-17-14-32(41-16-13-30-9-7-8-12-33(30)38-35(41)45)25-37(42,15-22-43)40-20-18-39(19-21-40)31-10-5-3-4-6-11-31/h7-9,12,22-24,31-32,44H,3-6,10-11,13-21,25-26H2,1-2H3,(H,38,45)/t32-,37+/m1/s1. The summed E-state index contributed by atoms with van der Waals surface area (Å²) < 4.78 is 5.96. The maximum absolute atomic E-state index is 14.1. The summed E-state index contributed by atoms with van der Waals surface area (Å²) >= 11 is 0. The van der Waals surface area contributed by atoms with E-state index in [-0.39, 0.29) is 30.9 Å². The normalized spacial score (nSPS) is 25.0. The van der Waals surface area contributed by atoms with Crippen LogP contribution in [0.1, 0.15) is 80.0 Å². The number of carbonyl (C=O) groups excluding carboxylic acids is 3. The van der Waals surface area contributed by atoms with Crippen molar-refractivity contribution in [3.63, 3.8) is 0 Å². The van der Waals surface area contributed by atoms with Crippen molar-refractivity contribution in [2.45, 2.75) is 102 Å². The number of piperidine rings is 1. The molecule has 3 heterocycles. The molecule has 2 atom stereocenters. The number of aldehydes is 1. The average molecular weight is 646 g/mol. The number of amides is 3. The Morgan fingerprint density at radius 3 is 2.36 bits per heavy atom. The first-order chi connectivity index (χ1) is 22.8. The van der Waals surface area contributed by atoms with Gasteiger partial charge in [0.05, 0.1) is 0 Å². The van der Waals surface area contributed by atoms with Gasteiger partial charge in [-0.2, -0.15) is 0 Å². The minimum atomic E-state index is -0.905. The molecule has 1 saturated carbocycles. The monoisotopic (exact) mass is 645 g/mol. The van der Waals surface area contributed by atoms with Crippen molar-refractivity contribution in [3.8, 4) is 5.75 Å². The molecule has 3 aliphatic heterocycles. The highest BCUT2D eigenvalue weighted by Gasteiger charge is 2.52. The van der Waals surface area contributed by atoms with Crippen molar-refractivity contribution in [1.82, 2.24) is 19.6 Å². The van der Waals surface area contributed by atoms with Gasteiger partial charge < -0.3 is 24.9 Å². The summed E-state index contributed by atoms with van der Waals surface area (Å²) in [6.07, 6.45) is 10.1. The van der Waals surface area contributed by atoms with Crippen LogP contribution in [0.15, 0.2) is 36.4 Å². The van der Waals surface area contributed by atoms with Crippen molar-refractivity contribution in [2.24, 2.45) is 0 Å². The third kappa shape index (κ3) is 7.14. The molecule has 0 bridgehead atoms. The molecule has 2 aromatic rings. The molecule has 0 aromatic heterocycles. The summed E-state index contributed by atoms with van der Waals surface area (Å²) in [5.74, 6) is 0.246. The SMILES string of the molecule is Cc1cc(COC(=O)N2CC[C@@H](N3CCc4ccccc4NC3=O)C[C@@]2(CC=O)N2CCN(C3CCCCCC3)CC2)cc(C)c1O. The maximum Gasteiger partial charge on any atom is 0.411 e. The number of aryl methyl sites for hydroxylation is 2.